The van der Waals surface area contributed by atoms with E-state index in [-0.39, 0.29) is 0 Å². The summed E-state index contributed by atoms with van der Waals surface area (Å²) in [6, 6.07) is 8.19. The number of aryl methyl sites for hydroxylation is 1. The van der Waals surface area contributed by atoms with Crippen molar-refractivity contribution in [1.29, 1.82) is 0 Å². The molecule has 0 aliphatic carbocycles. The van der Waals surface area contributed by atoms with Crippen LogP contribution < -0.4 is 5.32 Å². The van der Waals surface area contributed by atoms with Gasteiger partial charge in [0.25, 0.3) is 0 Å². The Balaban J connectivity index is 2.09. The van der Waals surface area contributed by atoms with Crippen LogP contribution in [0.2, 0.25) is 5.02 Å². The Morgan fingerprint density at radius 1 is 1.29 bits per heavy atom. The first-order valence-corrected chi connectivity index (χ1v) is 8.67. The lowest BCUT2D eigenvalue weighted by Crippen LogP contribution is -2.26. The van der Waals surface area contributed by atoms with Crippen LogP contribution in [-0.4, -0.2) is 18.1 Å². The average Bonchev–Trinajstić information content (AvgIpc) is 2.83. The van der Waals surface area contributed by atoms with E-state index in [1.807, 2.05) is 19.1 Å². The maximum Gasteiger partial charge on any atom is 0.0934 e. The van der Waals surface area contributed by atoms with E-state index in [1.165, 1.54) is 10.6 Å². The Kier molecular flexibility index (Phi) is 6.22. The molecule has 0 saturated carbocycles. The van der Waals surface area contributed by atoms with Gasteiger partial charge in [-0.15, -0.1) is 11.3 Å². The quantitative estimate of drug-likeness (QED) is 0.800. The summed E-state index contributed by atoms with van der Waals surface area (Å²) in [4.78, 5) is 4.60. The summed E-state index contributed by atoms with van der Waals surface area (Å²) in [5.41, 5.74) is 2.39. The molecule has 1 aromatic heterocycles. The minimum Gasteiger partial charge on any atom is -0.316 e. The second-order valence-corrected chi connectivity index (χ2v) is 7.27. The van der Waals surface area contributed by atoms with Crippen LogP contribution in [0.3, 0.4) is 0 Å². The molecule has 1 unspecified atom stereocenters. The third kappa shape index (κ3) is 5.42. The zero-order valence-electron chi connectivity index (χ0n) is 12.9. The van der Waals surface area contributed by atoms with Crippen LogP contribution in [-0.2, 0) is 6.42 Å². The van der Waals surface area contributed by atoms with Crippen molar-refractivity contribution in [2.75, 3.05) is 13.1 Å². The lowest BCUT2D eigenvalue weighted by Gasteiger charge is -2.18. The number of nitrogens with zero attached hydrogens (tertiary/aromatic N) is 1. The molecule has 1 heterocycles. The predicted octanol–water partition coefficient (Wildman–Crippen LogP) is 4.68. The summed E-state index contributed by atoms with van der Waals surface area (Å²) in [6.07, 6.45) is 0.962. The zero-order chi connectivity index (χ0) is 15.2. The van der Waals surface area contributed by atoms with Crippen LogP contribution in [0, 0.1) is 12.8 Å². The molecule has 0 saturated heterocycles. The van der Waals surface area contributed by atoms with E-state index < -0.39 is 0 Å². The molecule has 21 heavy (non-hydrogen) atoms. The fourth-order valence-electron chi connectivity index (χ4n) is 2.32. The molecule has 2 nitrogen and oxygen atoms in total. The third-order valence-electron chi connectivity index (χ3n) is 3.35. The average molecular weight is 323 g/mol. The Labute approximate surface area is 136 Å². The van der Waals surface area contributed by atoms with Crippen LogP contribution >= 0.6 is 22.9 Å². The first kappa shape index (κ1) is 16.5. The van der Waals surface area contributed by atoms with E-state index in [4.69, 9.17) is 11.6 Å². The predicted molar refractivity (Wildman–Crippen MR) is 92.5 cm³/mol. The van der Waals surface area contributed by atoms with Crippen molar-refractivity contribution in [3.63, 3.8) is 0 Å². The highest BCUT2D eigenvalue weighted by atomic mass is 35.5. The molecule has 0 amide bonds. The maximum atomic E-state index is 6.15. The normalized spacial score (nSPS) is 12.8. The van der Waals surface area contributed by atoms with Crippen molar-refractivity contribution in [2.24, 2.45) is 5.92 Å². The van der Waals surface area contributed by atoms with Gasteiger partial charge in [-0.1, -0.05) is 37.6 Å². The summed E-state index contributed by atoms with van der Waals surface area (Å²) in [7, 11) is 0. The Hall–Kier alpha value is -0.900. The van der Waals surface area contributed by atoms with Gasteiger partial charge in [-0.25, -0.2) is 4.98 Å². The van der Waals surface area contributed by atoms with Crippen molar-refractivity contribution in [2.45, 2.75) is 33.1 Å². The highest BCUT2D eigenvalue weighted by Gasteiger charge is 2.15. The molecule has 0 spiro atoms. The van der Waals surface area contributed by atoms with Gasteiger partial charge in [-0.2, -0.15) is 0 Å². The molecule has 1 N–H and O–H groups in total. The zero-order valence-corrected chi connectivity index (χ0v) is 14.5. The van der Waals surface area contributed by atoms with Gasteiger partial charge in [0, 0.05) is 35.0 Å². The summed E-state index contributed by atoms with van der Waals surface area (Å²) >= 11 is 7.89. The number of hydrogen-bond acceptors (Lipinski definition) is 3. The number of thiazole rings is 1. The largest absolute Gasteiger partial charge is 0.316 e. The van der Waals surface area contributed by atoms with E-state index in [1.54, 1.807) is 11.3 Å². The Morgan fingerprint density at radius 2 is 2.10 bits per heavy atom. The molecule has 1 atom stereocenters. The number of nitrogens with one attached hydrogen (secondary N) is 1. The van der Waals surface area contributed by atoms with E-state index in [0.717, 1.165) is 30.2 Å². The molecule has 2 aromatic rings. The number of benzene rings is 1. The van der Waals surface area contributed by atoms with E-state index >= 15 is 0 Å². The van der Waals surface area contributed by atoms with Crippen LogP contribution in [0.4, 0.5) is 0 Å². The number of aromatic nitrogens is 1. The van der Waals surface area contributed by atoms with E-state index in [2.05, 4.69) is 41.7 Å². The van der Waals surface area contributed by atoms with Crippen LogP contribution in [0.25, 0.3) is 0 Å². The fourth-order valence-corrected chi connectivity index (χ4v) is 3.37. The molecule has 1 aromatic carbocycles. The van der Waals surface area contributed by atoms with Gasteiger partial charge in [0.15, 0.2) is 0 Å². The van der Waals surface area contributed by atoms with Crippen molar-refractivity contribution < 1.29 is 0 Å². The second-order valence-electron chi connectivity index (χ2n) is 5.89. The first-order valence-electron chi connectivity index (χ1n) is 7.41. The molecular weight excluding hydrogens is 300 g/mol. The molecule has 0 fully saturated rings. The fraction of sp³-hybridized carbons (Fsp3) is 0.471. The smallest absolute Gasteiger partial charge is 0.0934 e. The second kappa shape index (κ2) is 7.92. The Morgan fingerprint density at radius 3 is 2.71 bits per heavy atom. The topological polar surface area (TPSA) is 24.9 Å². The number of rotatable bonds is 7. The molecule has 0 bridgehead atoms. The molecule has 2 rings (SSSR count). The molecule has 0 radical (unpaired) electrons. The highest BCUT2D eigenvalue weighted by molar-refractivity contribution is 7.09. The van der Waals surface area contributed by atoms with Crippen molar-refractivity contribution in [3.8, 4) is 0 Å². The van der Waals surface area contributed by atoms with Crippen molar-refractivity contribution in [1.82, 2.24) is 10.3 Å². The van der Waals surface area contributed by atoms with Gasteiger partial charge in [-0.05, 0) is 37.1 Å². The van der Waals surface area contributed by atoms with Gasteiger partial charge in [-0.3, -0.25) is 0 Å². The molecule has 4 heteroatoms. The highest BCUT2D eigenvalue weighted by Crippen LogP contribution is 2.24. The molecule has 0 aliphatic rings. The van der Waals surface area contributed by atoms with Gasteiger partial charge in [0.05, 0.1) is 5.01 Å². The maximum absolute atomic E-state index is 6.15. The van der Waals surface area contributed by atoms with E-state index in [0.29, 0.717) is 11.8 Å². The van der Waals surface area contributed by atoms with Crippen molar-refractivity contribution >= 4 is 22.9 Å². The first-order chi connectivity index (χ1) is 10.0. The molecule has 114 valence electrons. The van der Waals surface area contributed by atoms with Gasteiger partial charge >= 0.3 is 0 Å². The SMILES string of the molecule is Cc1csc(CC(CNCC(C)C)c2cccc(Cl)c2)n1. The molecular formula is C17H23ClN2S. The third-order valence-corrected chi connectivity index (χ3v) is 4.58. The molecule has 0 aliphatic heterocycles. The minimum absolute atomic E-state index is 0.410. The minimum atomic E-state index is 0.410. The summed E-state index contributed by atoms with van der Waals surface area (Å²) in [6.45, 7) is 8.49. The van der Waals surface area contributed by atoms with Crippen LogP contribution in [0.5, 0.6) is 0 Å². The Bertz CT molecular complexity index is 565. The van der Waals surface area contributed by atoms with Crippen LogP contribution in [0.1, 0.15) is 36.0 Å². The number of hydrogen-bond donors (Lipinski definition) is 1. The monoisotopic (exact) mass is 322 g/mol. The lowest BCUT2D eigenvalue weighted by atomic mass is 9.95. The van der Waals surface area contributed by atoms with Gasteiger partial charge in [0.1, 0.15) is 0 Å². The summed E-state index contributed by atoms with van der Waals surface area (Å²) < 4.78 is 0. The summed E-state index contributed by atoms with van der Waals surface area (Å²) in [5.74, 6) is 1.07. The van der Waals surface area contributed by atoms with E-state index in [9.17, 15) is 0 Å². The standard InChI is InChI=1S/C17H23ClN2S/c1-12(2)9-19-10-15(8-17-20-13(3)11-21-17)14-5-4-6-16(18)7-14/h4-7,11-12,15,19H,8-10H2,1-3H3. The van der Waals surface area contributed by atoms with Crippen molar-refractivity contribution in [3.05, 3.63) is 50.9 Å². The lowest BCUT2D eigenvalue weighted by molar-refractivity contribution is 0.513. The van der Waals surface area contributed by atoms with Crippen LogP contribution in [0.15, 0.2) is 29.6 Å². The van der Waals surface area contributed by atoms with Gasteiger partial charge in [0.2, 0.25) is 0 Å². The van der Waals surface area contributed by atoms with Gasteiger partial charge < -0.3 is 5.32 Å². The number of halogens is 1. The summed E-state index contributed by atoms with van der Waals surface area (Å²) in [5, 5.41) is 7.68.